The summed E-state index contributed by atoms with van der Waals surface area (Å²) in [4.78, 5) is 0. The SMILES string of the molecule is C=CCC(CC)[Si](C(CC)CC=C)C(CC)CC=C. The van der Waals surface area contributed by atoms with E-state index in [0.29, 0.717) is 0 Å². The van der Waals surface area contributed by atoms with Crippen LogP contribution in [0.3, 0.4) is 0 Å². The fourth-order valence-electron chi connectivity index (χ4n) is 3.22. The van der Waals surface area contributed by atoms with Gasteiger partial charge in [-0.2, -0.15) is 0 Å². The highest BCUT2D eigenvalue weighted by Gasteiger charge is 2.33. The average Bonchev–Trinajstić information content (AvgIpc) is 2.43. The molecule has 0 aromatic carbocycles. The van der Waals surface area contributed by atoms with Crippen LogP contribution in [0, 0.1) is 0 Å². The molecule has 0 fully saturated rings. The molecule has 0 spiro atoms. The largest absolute Gasteiger partial charge is 0.103 e. The highest BCUT2D eigenvalue weighted by atomic mass is 28.3. The minimum atomic E-state index is -0.414. The summed E-state index contributed by atoms with van der Waals surface area (Å²) >= 11 is 0. The molecule has 0 N–H and O–H groups in total. The summed E-state index contributed by atoms with van der Waals surface area (Å²) in [5, 5.41) is 0. The number of rotatable bonds is 12. The molecule has 109 valence electrons. The van der Waals surface area contributed by atoms with E-state index in [9.17, 15) is 0 Å². The average molecular weight is 278 g/mol. The molecule has 0 nitrogen and oxygen atoms in total. The normalized spacial score (nSPS) is 15.8. The summed E-state index contributed by atoms with van der Waals surface area (Å²) in [5.41, 5.74) is 2.58. The maximum absolute atomic E-state index is 3.97. The molecule has 0 aliphatic carbocycles. The molecule has 0 saturated carbocycles. The lowest BCUT2D eigenvalue weighted by Crippen LogP contribution is -2.32. The number of hydrogen-bond donors (Lipinski definition) is 0. The number of allylic oxidation sites excluding steroid dienone is 3. The minimum absolute atomic E-state index is 0.414. The zero-order valence-electron chi connectivity index (χ0n) is 13.3. The molecule has 0 aliphatic rings. The van der Waals surface area contributed by atoms with Gasteiger partial charge in [0, 0.05) is 0 Å². The van der Waals surface area contributed by atoms with E-state index in [1.165, 1.54) is 38.5 Å². The highest BCUT2D eigenvalue weighted by molar-refractivity contribution is 6.63. The van der Waals surface area contributed by atoms with Crippen LogP contribution in [0.15, 0.2) is 38.0 Å². The van der Waals surface area contributed by atoms with E-state index >= 15 is 0 Å². The van der Waals surface area contributed by atoms with Crippen LogP contribution in [0.2, 0.25) is 16.6 Å². The quantitative estimate of drug-likeness (QED) is 0.280. The van der Waals surface area contributed by atoms with Crippen LogP contribution < -0.4 is 0 Å². The lowest BCUT2D eigenvalue weighted by molar-refractivity contribution is 0.659. The second-order valence-corrected chi connectivity index (χ2v) is 8.84. The highest BCUT2D eigenvalue weighted by Crippen LogP contribution is 2.42. The van der Waals surface area contributed by atoms with Gasteiger partial charge >= 0.3 is 0 Å². The van der Waals surface area contributed by atoms with Gasteiger partial charge in [-0.1, -0.05) is 58.3 Å². The van der Waals surface area contributed by atoms with Crippen LogP contribution >= 0.6 is 0 Å². The Kier molecular flexibility index (Phi) is 10.9. The van der Waals surface area contributed by atoms with Gasteiger partial charge in [-0.05, 0) is 35.9 Å². The third-order valence-electron chi connectivity index (χ3n) is 4.25. The molecule has 1 heteroatoms. The Morgan fingerprint density at radius 1 is 0.684 bits per heavy atom. The van der Waals surface area contributed by atoms with E-state index in [4.69, 9.17) is 0 Å². The van der Waals surface area contributed by atoms with Gasteiger partial charge in [-0.3, -0.25) is 0 Å². The van der Waals surface area contributed by atoms with Crippen molar-refractivity contribution in [1.82, 2.24) is 0 Å². The van der Waals surface area contributed by atoms with Gasteiger partial charge in [-0.25, -0.2) is 0 Å². The summed E-state index contributed by atoms with van der Waals surface area (Å²) in [7, 11) is -0.414. The van der Waals surface area contributed by atoms with Gasteiger partial charge in [0.25, 0.3) is 0 Å². The summed E-state index contributed by atoms with van der Waals surface area (Å²) in [6, 6.07) is 0. The molecule has 0 heterocycles. The minimum Gasteiger partial charge on any atom is -0.103 e. The Morgan fingerprint density at radius 2 is 0.947 bits per heavy atom. The van der Waals surface area contributed by atoms with Crippen molar-refractivity contribution in [3.63, 3.8) is 0 Å². The molecule has 0 aromatic heterocycles. The smallest absolute Gasteiger partial charge is 0.0587 e. The standard InChI is InChI=1S/C18H33Si/c1-7-13-16(10-4)19(17(11-5)14-8-2)18(12-6)15-9-3/h7-9,16-18H,1-3,10-15H2,4-6H3. The fourth-order valence-corrected chi connectivity index (χ4v) is 7.95. The topological polar surface area (TPSA) is 0 Å². The van der Waals surface area contributed by atoms with Crippen molar-refractivity contribution in [1.29, 1.82) is 0 Å². The van der Waals surface area contributed by atoms with Crippen LogP contribution in [-0.2, 0) is 0 Å². The van der Waals surface area contributed by atoms with Crippen molar-refractivity contribution >= 4 is 8.80 Å². The molecule has 1 radical (unpaired) electrons. The van der Waals surface area contributed by atoms with Gasteiger partial charge in [0.15, 0.2) is 0 Å². The van der Waals surface area contributed by atoms with Crippen molar-refractivity contribution in [2.45, 2.75) is 75.9 Å². The van der Waals surface area contributed by atoms with Crippen LogP contribution in [0.5, 0.6) is 0 Å². The van der Waals surface area contributed by atoms with Crippen molar-refractivity contribution < 1.29 is 0 Å². The first-order valence-electron chi connectivity index (χ1n) is 7.89. The summed E-state index contributed by atoms with van der Waals surface area (Å²) in [5.74, 6) is 0. The second-order valence-electron chi connectivity index (χ2n) is 5.39. The zero-order valence-corrected chi connectivity index (χ0v) is 14.3. The van der Waals surface area contributed by atoms with Crippen LogP contribution in [0.4, 0.5) is 0 Å². The van der Waals surface area contributed by atoms with Gasteiger partial charge < -0.3 is 0 Å². The van der Waals surface area contributed by atoms with E-state index in [1.807, 2.05) is 0 Å². The number of hydrogen-bond acceptors (Lipinski definition) is 0. The predicted octanol–water partition coefficient (Wildman–Crippen LogP) is 6.55. The first kappa shape index (κ1) is 18.4. The molecule has 0 amide bonds. The second kappa shape index (κ2) is 11.3. The molecule has 0 aromatic rings. The van der Waals surface area contributed by atoms with Crippen LogP contribution in [0.1, 0.15) is 59.3 Å². The Labute approximate surface area is 123 Å². The first-order chi connectivity index (χ1) is 9.19. The lowest BCUT2D eigenvalue weighted by atomic mass is 10.2. The van der Waals surface area contributed by atoms with Gasteiger partial charge in [0.2, 0.25) is 0 Å². The predicted molar refractivity (Wildman–Crippen MR) is 92.3 cm³/mol. The van der Waals surface area contributed by atoms with Crippen molar-refractivity contribution in [2.24, 2.45) is 0 Å². The monoisotopic (exact) mass is 277 g/mol. The van der Waals surface area contributed by atoms with E-state index in [2.05, 4.69) is 58.7 Å². The Balaban J connectivity index is 5.20. The van der Waals surface area contributed by atoms with E-state index in [0.717, 1.165) is 16.6 Å². The summed E-state index contributed by atoms with van der Waals surface area (Å²) < 4.78 is 0. The van der Waals surface area contributed by atoms with Gasteiger partial charge in [0.05, 0.1) is 8.80 Å². The van der Waals surface area contributed by atoms with Gasteiger partial charge in [-0.15, -0.1) is 19.7 Å². The maximum Gasteiger partial charge on any atom is 0.0587 e. The van der Waals surface area contributed by atoms with E-state index in [-0.39, 0.29) is 0 Å². The third-order valence-corrected chi connectivity index (χ3v) is 9.01. The maximum atomic E-state index is 3.97. The fraction of sp³-hybridized carbons (Fsp3) is 0.667. The molecule has 3 unspecified atom stereocenters. The zero-order chi connectivity index (χ0) is 14.7. The first-order valence-corrected chi connectivity index (χ1v) is 9.62. The summed E-state index contributed by atoms with van der Waals surface area (Å²) in [6.07, 6.45) is 13.8. The van der Waals surface area contributed by atoms with E-state index in [1.54, 1.807) is 0 Å². The van der Waals surface area contributed by atoms with E-state index < -0.39 is 8.80 Å². The summed E-state index contributed by atoms with van der Waals surface area (Å²) in [6.45, 7) is 18.9. The van der Waals surface area contributed by atoms with Crippen LogP contribution in [0.25, 0.3) is 0 Å². The Bertz CT molecular complexity index is 214. The molecule has 0 aliphatic heterocycles. The molecule has 0 bridgehead atoms. The van der Waals surface area contributed by atoms with Crippen molar-refractivity contribution in [2.75, 3.05) is 0 Å². The Morgan fingerprint density at radius 3 is 1.11 bits per heavy atom. The van der Waals surface area contributed by atoms with Gasteiger partial charge in [0.1, 0.15) is 0 Å². The third kappa shape index (κ3) is 5.95. The molecule has 19 heavy (non-hydrogen) atoms. The Hall–Kier alpha value is -0.563. The molecule has 0 rings (SSSR count). The molecular weight excluding hydrogens is 244 g/mol. The van der Waals surface area contributed by atoms with Crippen molar-refractivity contribution in [3.8, 4) is 0 Å². The van der Waals surface area contributed by atoms with Crippen molar-refractivity contribution in [3.05, 3.63) is 38.0 Å². The molecule has 0 saturated heterocycles. The molecular formula is C18H33Si. The lowest BCUT2D eigenvalue weighted by Gasteiger charge is -2.36. The van der Waals surface area contributed by atoms with Crippen LogP contribution in [-0.4, -0.2) is 8.80 Å². The molecule has 3 atom stereocenters.